The number of halogens is 3. The zero-order chi connectivity index (χ0) is 26.5. The molecule has 0 saturated heterocycles. The van der Waals surface area contributed by atoms with Gasteiger partial charge in [0.1, 0.15) is 17.4 Å². The summed E-state index contributed by atoms with van der Waals surface area (Å²) in [6.07, 6.45) is 2.78. The zero-order valence-electron chi connectivity index (χ0n) is 20.3. The Hall–Kier alpha value is -3.49. The second-order valence-electron chi connectivity index (χ2n) is 9.12. The number of carbonyl (C=O) groups is 2. The molecule has 0 unspecified atom stereocenters. The number of nitrogens with one attached hydrogen (secondary N) is 1. The van der Waals surface area contributed by atoms with E-state index in [9.17, 15) is 18.4 Å². The molecule has 194 valence electrons. The summed E-state index contributed by atoms with van der Waals surface area (Å²) in [7, 11) is 1.49. The first-order valence-electron chi connectivity index (χ1n) is 12.0. The van der Waals surface area contributed by atoms with Crippen LogP contribution in [0, 0.1) is 11.6 Å². The summed E-state index contributed by atoms with van der Waals surface area (Å²) in [4.78, 5) is 28.0. The highest BCUT2D eigenvalue weighted by Gasteiger charge is 2.29. The molecule has 1 saturated carbocycles. The molecule has 1 aliphatic rings. The predicted octanol–water partition coefficient (Wildman–Crippen LogP) is 5.79. The van der Waals surface area contributed by atoms with Crippen molar-refractivity contribution in [2.24, 2.45) is 5.73 Å². The summed E-state index contributed by atoms with van der Waals surface area (Å²) in [6, 6.07) is 14.5. The van der Waals surface area contributed by atoms with Gasteiger partial charge in [0, 0.05) is 41.0 Å². The molecule has 0 spiro atoms. The monoisotopic (exact) mass is 527 g/mol. The first-order chi connectivity index (χ1) is 17.7. The molecule has 1 aliphatic carbocycles. The number of carbonyl (C=O) groups excluding carboxylic acids is 2. The molecule has 0 aromatic heterocycles. The highest BCUT2D eigenvalue weighted by Crippen LogP contribution is 2.29. The molecule has 3 aromatic carbocycles. The number of hydrogen-bond donors (Lipinski definition) is 2. The molecule has 3 aromatic rings. The molecule has 0 radical (unpaired) electrons. The molecule has 37 heavy (non-hydrogen) atoms. The Labute approximate surface area is 219 Å². The maximum Gasteiger partial charge on any atom is 0.259 e. The van der Waals surface area contributed by atoms with Gasteiger partial charge in [-0.3, -0.25) is 9.59 Å². The highest BCUT2D eigenvalue weighted by molar-refractivity contribution is 6.31. The number of hydrogen-bond acceptors (Lipinski definition) is 4. The molecule has 2 amide bonds. The average Bonchev–Trinajstić information content (AvgIpc) is 2.88. The predicted molar refractivity (Wildman–Crippen MR) is 139 cm³/mol. The molecule has 6 nitrogen and oxygen atoms in total. The van der Waals surface area contributed by atoms with E-state index in [4.69, 9.17) is 22.1 Å². The average molecular weight is 528 g/mol. The maximum absolute atomic E-state index is 13.9. The van der Waals surface area contributed by atoms with Crippen LogP contribution in [0.3, 0.4) is 0 Å². The van der Waals surface area contributed by atoms with Gasteiger partial charge in [0.2, 0.25) is 0 Å². The van der Waals surface area contributed by atoms with Crippen molar-refractivity contribution in [1.29, 1.82) is 0 Å². The summed E-state index contributed by atoms with van der Waals surface area (Å²) < 4.78 is 33.1. The largest absolute Gasteiger partial charge is 0.496 e. The molecule has 1 fully saturated rings. The molecule has 3 N–H and O–H groups in total. The van der Waals surface area contributed by atoms with Gasteiger partial charge in [-0.05, 0) is 73.7 Å². The van der Waals surface area contributed by atoms with Crippen molar-refractivity contribution in [3.8, 4) is 5.75 Å². The molecule has 0 aliphatic heterocycles. The molecule has 0 heterocycles. The molecule has 0 bridgehead atoms. The van der Waals surface area contributed by atoms with E-state index in [2.05, 4.69) is 5.32 Å². The summed E-state index contributed by atoms with van der Waals surface area (Å²) in [5.74, 6) is -2.08. The van der Waals surface area contributed by atoms with E-state index in [0.29, 0.717) is 40.4 Å². The van der Waals surface area contributed by atoms with Crippen LogP contribution in [0.1, 0.15) is 52.0 Å². The Bertz CT molecular complexity index is 1280. The Morgan fingerprint density at radius 1 is 1.03 bits per heavy atom. The van der Waals surface area contributed by atoms with E-state index in [-0.39, 0.29) is 30.1 Å². The Morgan fingerprint density at radius 3 is 2.38 bits per heavy atom. The fourth-order valence-corrected chi connectivity index (χ4v) is 4.79. The van der Waals surface area contributed by atoms with Crippen molar-refractivity contribution in [1.82, 2.24) is 4.90 Å². The Balaban J connectivity index is 1.62. The van der Waals surface area contributed by atoms with Crippen LogP contribution in [0.25, 0.3) is 0 Å². The van der Waals surface area contributed by atoms with Crippen molar-refractivity contribution in [3.05, 3.63) is 94.0 Å². The van der Waals surface area contributed by atoms with E-state index in [0.717, 1.165) is 31.0 Å². The third kappa shape index (κ3) is 6.45. The molecular weight excluding hydrogens is 500 g/mol. The second kappa shape index (κ2) is 11.7. The van der Waals surface area contributed by atoms with Crippen LogP contribution in [0.2, 0.25) is 5.02 Å². The van der Waals surface area contributed by atoms with Crippen molar-refractivity contribution in [2.75, 3.05) is 12.4 Å². The van der Waals surface area contributed by atoms with E-state index >= 15 is 0 Å². The number of rotatable bonds is 7. The van der Waals surface area contributed by atoms with E-state index in [1.807, 2.05) is 0 Å². The lowest BCUT2D eigenvalue weighted by Gasteiger charge is -2.36. The third-order valence-corrected chi connectivity index (χ3v) is 6.92. The van der Waals surface area contributed by atoms with Gasteiger partial charge in [-0.1, -0.05) is 23.7 Å². The SMILES string of the molecule is COc1ccccc1C(=O)Nc1ccc(Cl)c(CN(C(=O)c2cc(F)cc(F)c2)C2CCC(N)CC2)c1. The second-order valence-corrected chi connectivity index (χ2v) is 9.53. The van der Waals surface area contributed by atoms with Gasteiger partial charge >= 0.3 is 0 Å². The first kappa shape index (κ1) is 26.6. The summed E-state index contributed by atoms with van der Waals surface area (Å²) in [5.41, 5.74) is 7.41. The topological polar surface area (TPSA) is 84.7 Å². The molecule has 9 heteroatoms. The minimum Gasteiger partial charge on any atom is -0.496 e. The molecular formula is C28H28ClF2N3O3. The Morgan fingerprint density at radius 2 is 1.70 bits per heavy atom. The summed E-state index contributed by atoms with van der Waals surface area (Å²) in [5, 5.41) is 3.23. The van der Waals surface area contributed by atoms with E-state index in [1.54, 1.807) is 47.4 Å². The van der Waals surface area contributed by atoms with Crippen LogP contribution in [0.5, 0.6) is 5.75 Å². The smallest absolute Gasteiger partial charge is 0.259 e. The standard InChI is InChI=1S/C28H28ClF2N3O3/c1-37-26-5-3-2-4-24(26)27(35)33-22-8-11-25(29)18(14-22)16-34(23-9-6-21(32)7-10-23)28(36)17-12-19(30)15-20(31)13-17/h2-5,8,11-15,21,23H,6-7,9-10,16,32H2,1H3,(H,33,35). The zero-order valence-corrected chi connectivity index (χ0v) is 21.1. The summed E-state index contributed by atoms with van der Waals surface area (Å²) >= 11 is 6.49. The maximum atomic E-state index is 13.9. The van der Waals surface area contributed by atoms with Crippen LogP contribution in [-0.2, 0) is 6.54 Å². The van der Waals surface area contributed by atoms with Gasteiger partial charge in [-0.2, -0.15) is 0 Å². The van der Waals surface area contributed by atoms with Crippen LogP contribution in [0.15, 0.2) is 60.7 Å². The molecule has 4 rings (SSSR count). The number of nitrogens with zero attached hydrogens (tertiary/aromatic N) is 1. The number of amides is 2. The number of benzene rings is 3. The number of ether oxygens (including phenoxy) is 1. The van der Waals surface area contributed by atoms with E-state index < -0.39 is 17.5 Å². The fourth-order valence-electron chi connectivity index (χ4n) is 4.61. The minimum atomic E-state index is -0.826. The fraction of sp³-hybridized carbons (Fsp3) is 0.286. The van der Waals surface area contributed by atoms with Crippen LogP contribution >= 0.6 is 11.6 Å². The van der Waals surface area contributed by atoms with E-state index in [1.165, 1.54) is 7.11 Å². The van der Waals surface area contributed by atoms with Crippen LogP contribution in [-0.4, -0.2) is 35.9 Å². The first-order valence-corrected chi connectivity index (χ1v) is 12.4. The minimum absolute atomic E-state index is 0.0527. The highest BCUT2D eigenvalue weighted by atomic mass is 35.5. The van der Waals surface area contributed by atoms with Gasteiger partial charge < -0.3 is 20.7 Å². The van der Waals surface area contributed by atoms with Crippen molar-refractivity contribution in [3.63, 3.8) is 0 Å². The van der Waals surface area contributed by atoms with Gasteiger partial charge in [0.25, 0.3) is 11.8 Å². The lowest BCUT2D eigenvalue weighted by Crippen LogP contribution is -2.44. The van der Waals surface area contributed by atoms with Crippen molar-refractivity contribution >= 4 is 29.1 Å². The van der Waals surface area contributed by atoms with Crippen LogP contribution in [0.4, 0.5) is 14.5 Å². The number of anilines is 1. The number of nitrogens with two attached hydrogens (primary N) is 1. The van der Waals surface area contributed by atoms with Gasteiger partial charge in [0.15, 0.2) is 0 Å². The molecule has 0 atom stereocenters. The van der Waals surface area contributed by atoms with Gasteiger partial charge in [-0.25, -0.2) is 8.78 Å². The van der Waals surface area contributed by atoms with Crippen molar-refractivity contribution < 1.29 is 23.1 Å². The third-order valence-electron chi connectivity index (χ3n) is 6.55. The summed E-state index contributed by atoms with van der Waals surface area (Å²) in [6.45, 7) is 0.0913. The normalized spacial score (nSPS) is 17.2. The van der Waals surface area contributed by atoms with Crippen molar-refractivity contribution in [2.45, 2.75) is 44.3 Å². The lowest BCUT2D eigenvalue weighted by atomic mass is 9.90. The number of methoxy groups -OCH3 is 1. The number of para-hydroxylation sites is 1. The van der Waals surface area contributed by atoms with Crippen LogP contribution < -0.4 is 15.8 Å². The van der Waals surface area contributed by atoms with Gasteiger partial charge in [-0.15, -0.1) is 0 Å². The quantitative estimate of drug-likeness (QED) is 0.407. The lowest BCUT2D eigenvalue weighted by molar-refractivity contribution is 0.0605. The van der Waals surface area contributed by atoms with Gasteiger partial charge in [0.05, 0.1) is 12.7 Å². The Kier molecular flexibility index (Phi) is 8.41.